The molecule has 3 nitrogen and oxygen atoms in total. The van der Waals surface area contributed by atoms with E-state index in [1.165, 1.54) is 6.07 Å². The normalized spacial score (nSPS) is 11.2. The Bertz CT molecular complexity index is 714. The lowest BCUT2D eigenvalue weighted by molar-refractivity contribution is -0.137. The van der Waals surface area contributed by atoms with Gasteiger partial charge in [-0.3, -0.25) is 4.79 Å². The molecule has 0 aliphatic carbocycles. The van der Waals surface area contributed by atoms with Gasteiger partial charge in [0.1, 0.15) is 5.75 Å². The van der Waals surface area contributed by atoms with Crippen LogP contribution in [0.15, 0.2) is 48.5 Å². The number of ether oxygens (including phenoxy) is 1. The number of carbonyl (C=O) groups is 1. The first kappa shape index (κ1) is 18.8. The molecule has 134 valence electrons. The largest absolute Gasteiger partial charge is 0.494 e. The van der Waals surface area contributed by atoms with Crippen molar-refractivity contribution in [3.8, 4) is 5.75 Å². The maximum Gasteiger partial charge on any atom is 0.416 e. The first-order chi connectivity index (χ1) is 11.9. The smallest absolute Gasteiger partial charge is 0.416 e. The number of aryl methyl sites for hydroxylation is 1. The highest BCUT2D eigenvalue weighted by molar-refractivity contribution is 5.76. The van der Waals surface area contributed by atoms with Crippen LogP contribution in [0, 0.1) is 0 Å². The van der Waals surface area contributed by atoms with Crippen molar-refractivity contribution in [1.29, 1.82) is 0 Å². The molecule has 0 fully saturated rings. The number of hydrogen-bond acceptors (Lipinski definition) is 2. The molecule has 25 heavy (non-hydrogen) atoms. The summed E-state index contributed by atoms with van der Waals surface area (Å²) in [6.45, 7) is 2.49. The summed E-state index contributed by atoms with van der Waals surface area (Å²) in [5.74, 6) is 0.527. The van der Waals surface area contributed by atoms with Gasteiger partial charge >= 0.3 is 6.18 Å². The van der Waals surface area contributed by atoms with Gasteiger partial charge < -0.3 is 10.1 Å². The molecule has 0 spiro atoms. The van der Waals surface area contributed by atoms with E-state index in [0.717, 1.165) is 23.4 Å². The van der Waals surface area contributed by atoms with E-state index in [1.54, 1.807) is 6.07 Å². The maximum atomic E-state index is 12.7. The molecule has 0 bridgehead atoms. The van der Waals surface area contributed by atoms with Gasteiger partial charge in [-0.25, -0.2) is 0 Å². The second kappa shape index (κ2) is 8.55. The van der Waals surface area contributed by atoms with E-state index >= 15 is 0 Å². The molecule has 0 unspecified atom stereocenters. The maximum absolute atomic E-state index is 12.7. The molecular weight excluding hydrogens is 331 g/mol. The van der Waals surface area contributed by atoms with Gasteiger partial charge in [-0.05, 0) is 42.7 Å². The zero-order chi connectivity index (χ0) is 18.3. The SMILES string of the molecule is CCOc1ccccc1CCC(=O)NCc1cccc(C(F)(F)F)c1. The third-order valence-electron chi connectivity index (χ3n) is 3.64. The third-order valence-corrected chi connectivity index (χ3v) is 3.64. The van der Waals surface area contributed by atoms with E-state index in [4.69, 9.17) is 4.74 Å². The van der Waals surface area contributed by atoms with E-state index in [0.29, 0.717) is 18.6 Å². The molecule has 0 aliphatic rings. The van der Waals surface area contributed by atoms with Gasteiger partial charge in [-0.15, -0.1) is 0 Å². The average Bonchev–Trinajstić information content (AvgIpc) is 2.59. The molecule has 2 aromatic carbocycles. The van der Waals surface area contributed by atoms with E-state index in [1.807, 2.05) is 31.2 Å². The Balaban J connectivity index is 1.87. The monoisotopic (exact) mass is 351 g/mol. The molecule has 1 amide bonds. The number of para-hydroxylation sites is 1. The number of nitrogens with one attached hydrogen (secondary N) is 1. The van der Waals surface area contributed by atoms with E-state index in [9.17, 15) is 18.0 Å². The van der Waals surface area contributed by atoms with Gasteiger partial charge in [0.25, 0.3) is 0 Å². The number of hydrogen-bond donors (Lipinski definition) is 1. The first-order valence-electron chi connectivity index (χ1n) is 8.03. The molecule has 1 N–H and O–H groups in total. The van der Waals surface area contributed by atoms with Crippen LogP contribution in [0.3, 0.4) is 0 Å². The van der Waals surface area contributed by atoms with Gasteiger partial charge in [-0.2, -0.15) is 13.2 Å². The van der Waals surface area contributed by atoms with Crippen molar-refractivity contribution in [3.05, 3.63) is 65.2 Å². The van der Waals surface area contributed by atoms with E-state index in [2.05, 4.69) is 5.32 Å². The van der Waals surface area contributed by atoms with Crippen LogP contribution in [0.2, 0.25) is 0 Å². The molecule has 0 heterocycles. The Kier molecular flexibility index (Phi) is 6.44. The van der Waals surface area contributed by atoms with Crippen molar-refractivity contribution in [2.75, 3.05) is 6.61 Å². The minimum atomic E-state index is -4.39. The zero-order valence-electron chi connectivity index (χ0n) is 13.9. The summed E-state index contributed by atoms with van der Waals surface area (Å²) in [4.78, 5) is 12.0. The highest BCUT2D eigenvalue weighted by Crippen LogP contribution is 2.29. The molecule has 0 aromatic heterocycles. The molecule has 0 saturated carbocycles. The number of benzene rings is 2. The fourth-order valence-corrected chi connectivity index (χ4v) is 2.40. The average molecular weight is 351 g/mol. The van der Waals surface area contributed by atoms with E-state index in [-0.39, 0.29) is 18.9 Å². The zero-order valence-corrected chi connectivity index (χ0v) is 13.9. The summed E-state index contributed by atoms with van der Waals surface area (Å²) in [5, 5.41) is 2.65. The van der Waals surface area contributed by atoms with Crippen molar-refractivity contribution in [1.82, 2.24) is 5.32 Å². The fraction of sp³-hybridized carbons (Fsp3) is 0.316. The molecule has 0 aliphatic heterocycles. The quantitative estimate of drug-likeness (QED) is 0.805. The van der Waals surface area contributed by atoms with Crippen LogP contribution in [0.25, 0.3) is 0 Å². The predicted molar refractivity (Wildman–Crippen MR) is 89.2 cm³/mol. The van der Waals surface area contributed by atoms with Gasteiger partial charge in [0.05, 0.1) is 12.2 Å². The summed E-state index contributed by atoms with van der Waals surface area (Å²) in [6.07, 6.45) is -3.64. The minimum absolute atomic E-state index is 0.0653. The van der Waals surface area contributed by atoms with Crippen molar-refractivity contribution in [2.24, 2.45) is 0 Å². The van der Waals surface area contributed by atoms with Crippen molar-refractivity contribution >= 4 is 5.91 Å². The van der Waals surface area contributed by atoms with Crippen LogP contribution in [-0.4, -0.2) is 12.5 Å². The lowest BCUT2D eigenvalue weighted by Crippen LogP contribution is -2.23. The summed E-state index contributed by atoms with van der Waals surface area (Å²) in [6, 6.07) is 12.4. The Morgan fingerprint density at radius 2 is 1.88 bits per heavy atom. The lowest BCUT2D eigenvalue weighted by Gasteiger charge is -2.11. The Labute approximate surface area is 144 Å². The van der Waals surface area contributed by atoms with Gasteiger partial charge in [0.2, 0.25) is 5.91 Å². The van der Waals surface area contributed by atoms with Crippen LogP contribution in [-0.2, 0) is 23.9 Å². The third kappa shape index (κ3) is 5.81. The molecular formula is C19H20F3NO2. The molecule has 2 aromatic rings. The highest BCUT2D eigenvalue weighted by Gasteiger charge is 2.30. The fourth-order valence-electron chi connectivity index (χ4n) is 2.40. The summed E-state index contributed by atoms with van der Waals surface area (Å²) >= 11 is 0. The van der Waals surface area contributed by atoms with Crippen LogP contribution >= 0.6 is 0 Å². The summed E-state index contributed by atoms with van der Waals surface area (Å²) < 4.78 is 43.5. The Morgan fingerprint density at radius 3 is 2.60 bits per heavy atom. The number of halogens is 3. The minimum Gasteiger partial charge on any atom is -0.494 e. The summed E-state index contributed by atoms with van der Waals surface area (Å²) in [7, 11) is 0. The lowest BCUT2D eigenvalue weighted by atomic mass is 10.1. The second-order valence-corrected chi connectivity index (χ2v) is 5.52. The van der Waals surface area contributed by atoms with E-state index < -0.39 is 11.7 Å². The van der Waals surface area contributed by atoms with Gasteiger partial charge in [0.15, 0.2) is 0 Å². The first-order valence-corrected chi connectivity index (χ1v) is 8.03. The number of rotatable bonds is 7. The Morgan fingerprint density at radius 1 is 1.12 bits per heavy atom. The predicted octanol–water partition coefficient (Wildman–Crippen LogP) is 4.35. The van der Waals surface area contributed by atoms with Crippen molar-refractivity contribution in [2.45, 2.75) is 32.5 Å². The van der Waals surface area contributed by atoms with Crippen LogP contribution in [0.5, 0.6) is 5.75 Å². The van der Waals surface area contributed by atoms with Crippen molar-refractivity contribution in [3.63, 3.8) is 0 Å². The standard InChI is InChI=1S/C19H20F3NO2/c1-2-25-17-9-4-3-7-15(17)10-11-18(24)23-13-14-6-5-8-16(12-14)19(20,21)22/h3-9,12H,2,10-11,13H2,1H3,(H,23,24). The molecule has 0 atom stereocenters. The van der Waals surface area contributed by atoms with Crippen LogP contribution in [0.1, 0.15) is 30.0 Å². The highest BCUT2D eigenvalue weighted by atomic mass is 19.4. The van der Waals surface area contributed by atoms with Crippen LogP contribution in [0.4, 0.5) is 13.2 Å². The molecule has 6 heteroatoms. The molecule has 0 saturated heterocycles. The number of amides is 1. The molecule has 0 radical (unpaired) electrons. The van der Waals surface area contributed by atoms with Gasteiger partial charge in [0, 0.05) is 13.0 Å². The second-order valence-electron chi connectivity index (χ2n) is 5.52. The Hall–Kier alpha value is -2.50. The topological polar surface area (TPSA) is 38.3 Å². The van der Waals surface area contributed by atoms with Gasteiger partial charge in [-0.1, -0.05) is 30.3 Å². The molecule has 2 rings (SSSR count). The number of alkyl halides is 3. The summed E-state index contributed by atoms with van der Waals surface area (Å²) in [5.41, 5.74) is 0.626. The number of carbonyl (C=O) groups excluding carboxylic acids is 1. The van der Waals surface area contributed by atoms with Crippen molar-refractivity contribution < 1.29 is 22.7 Å². The van der Waals surface area contributed by atoms with Crippen LogP contribution < -0.4 is 10.1 Å².